The average molecular weight is 156 g/mol. The fourth-order valence-electron chi connectivity index (χ4n) is 0.856. The van der Waals surface area contributed by atoms with Gasteiger partial charge in [-0.3, -0.25) is 0 Å². The van der Waals surface area contributed by atoms with Crippen LogP contribution in [0.25, 0.3) is 0 Å². The van der Waals surface area contributed by atoms with E-state index in [0.717, 1.165) is 12.2 Å². The second kappa shape index (κ2) is 2.70. The van der Waals surface area contributed by atoms with Gasteiger partial charge < -0.3 is 4.74 Å². The van der Waals surface area contributed by atoms with Crippen molar-refractivity contribution in [3.05, 3.63) is 24.0 Å². The Morgan fingerprint density at radius 2 is 2.40 bits per heavy atom. The molecule has 0 aromatic heterocycles. The predicted molar refractivity (Wildman–Crippen MR) is 46.2 cm³/mol. The molecule has 0 saturated carbocycles. The maximum Gasteiger partial charge on any atom is 0.114 e. The van der Waals surface area contributed by atoms with Crippen molar-refractivity contribution in [2.24, 2.45) is 0 Å². The van der Waals surface area contributed by atoms with E-state index >= 15 is 0 Å². The molecule has 0 aliphatic heterocycles. The van der Waals surface area contributed by atoms with Crippen LogP contribution in [0.2, 0.25) is 0 Å². The molecular weight excluding hydrogens is 144 g/mol. The molecule has 1 aliphatic carbocycles. The Balaban J connectivity index is 2.63. The van der Waals surface area contributed by atoms with E-state index in [4.69, 9.17) is 4.74 Å². The molecule has 10 heavy (non-hydrogen) atoms. The van der Waals surface area contributed by atoms with Crippen molar-refractivity contribution in [1.29, 1.82) is 0 Å². The quantitative estimate of drug-likeness (QED) is 0.572. The maximum absolute atomic E-state index is 5.02. The van der Waals surface area contributed by atoms with Gasteiger partial charge in [-0.25, -0.2) is 0 Å². The van der Waals surface area contributed by atoms with Crippen molar-refractivity contribution in [2.45, 2.75) is 18.1 Å². The third-order valence-corrected chi connectivity index (χ3v) is 1.89. The van der Waals surface area contributed by atoms with Crippen molar-refractivity contribution in [1.82, 2.24) is 0 Å². The van der Waals surface area contributed by atoms with Gasteiger partial charge >= 0.3 is 0 Å². The molecule has 1 nitrogen and oxygen atoms in total. The number of allylic oxidation sites excluding steroid dienone is 2. The summed E-state index contributed by atoms with van der Waals surface area (Å²) in [5, 5.41) is 0. The van der Waals surface area contributed by atoms with Crippen LogP contribution in [0.5, 0.6) is 0 Å². The van der Waals surface area contributed by atoms with Gasteiger partial charge in [0.1, 0.15) is 5.76 Å². The standard InChI is InChI=1S/C8H12OS/c1-8(10)5-3-7(9-2)4-6-8/h3-5,10H,6H2,1-2H3. The van der Waals surface area contributed by atoms with E-state index in [2.05, 4.69) is 25.6 Å². The number of hydrogen-bond acceptors (Lipinski definition) is 2. The SMILES string of the molecule is COC1=CCC(C)(S)C=C1. The molecule has 0 bridgehead atoms. The minimum absolute atomic E-state index is 0.0159. The zero-order chi connectivity index (χ0) is 7.61. The van der Waals surface area contributed by atoms with Gasteiger partial charge in [-0.1, -0.05) is 6.08 Å². The van der Waals surface area contributed by atoms with Crippen LogP contribution in [0.4, 0.5) is 0 Å². The Hall–Kier alpha value is -0.370. The van der Waals surface area contributed by atoms with Gasteiger partial charge in [-0.2, -0.15) is 12.6 Å². The first-order valence-corrected chi connectivity index (χ1v) is 3.74. The highest BCUT2D eigenvalue weighted by Crippen LogP contribution is 2.26. The third kappa shape index (κ3) is 1.81. The molecule has 1 rings (SSSR count). The molecule has 0 fully saturated rings. The Bertz CT molecular complexity index is 180. The molecular formula is C8H12OS. The fraction of sp³-hybridized carbons (Fsp3) is 0.500. The summed E-state index contributed by atoms with van der Waals surface area (Å²) in [6, 6.07) is 0. The van der Waals surface area contributed by atoms with Crippen LogP contribution in [0.1, 0.15) is 13.3 Å². The highest BCUT2D eigenvalue weighted by Gasteiger charge is 2.16. The average Bonchev–Trinajstić information content (AvgIpc) is 1.88. The van der Waals surface area contributed by atoms with Crippen LogP contribution in [-0.4, -0.2) is 11.9 Å². The molecule has 0 saturated heterocycles. The Kier molecular flexibility index (Phi) is 2.09. The van der Waals surface area contributed by atoms with E-state index < -0.39 is 0 Å². The summed E-state index contributed by atoms with van der Waals surface area (Å²) in [7, 11) is 1.68. The third-order valence-electron chi connectivity index (χ3n) is 1.56. The van der Waals surface area contributed by atoms with Crippen LogP contribution in [0.3, 0.4) is 0 Å². The van der Waals surface area contributed by atoms with Gasteiger partial charge in [-0.05, 0) is 25.5 Å². The lowest BCUT2D eigenvalue weighted by Gasteiger charge is -2.20. The largest absolute Gasteiger partial charge is 0.497 e. The van der Waals surface area contributed by atoms with Crippen molar-refractivity contribution < 1.29 is 4.74 Å². The monoisotopic (exact) mass is 156 g/mol. The molecule has 0 aromatic carbocycles. The van der Waals surface area contributed by atoms with Crippen LogP contribution < -0.4 is 0 Å². The van der Waals surface area contributed by atoms with Crippen LogP contribution >= 0.6 is 12.6 Å². The molecule has 1 unspecified atom stereocenters. The van der Waals surface area contributed by atoms with E-state index in [1.807, 2.05) is 12.2 Å². The van der Waals surface area contributed by atoms with Gasteiger partial charge in [0.05, 0.1) is 7.11 Å². The van der Waals surface area contributed by atoms with Crippen LogP contribution in [0, 0.1) is 0 Å². The number of thiol groups is 1. The molecule has 0 amide bonds. The summed E-state index contributed by atoms with van der Waals surface area (Å²) in [5.74, 6) is 0.937. The molecule has 0 aromatic rings. The summed E-state index contributed by atoms with van der Waals surface area (Å²) in [6.07, 6.45) is 6.99. The van der Waals surface area contributed by atoms with E-state index in [-0.39, 0.29) is 4.75 Å². The smallest absolute Gasteiger partial charge is 0.114 e. The summed E-state index contributed by atoms with van der Waals surface area (Å²) in [5.41, 5.74) is 0. The van der Waals surface area contributed by atoms with Gasteiger partial charge in [-0.15, -0.1) is 0 Å². The Morgan fingerprint density at radius 3 is 2.80 bits per heavy atom. The molecule has 0 radical (unpaired) electrons. The first-order chi connectivity index (χ1) is 4.64. The van der Waals surface area contributed by atoms with Gasteiger partial charge in [0.25, 0.3) is 0 Å². The van der Waals surface area contributed by atoms with E-state index in [1.54, 1.807) is 7.11 Å². The zero-order valence-corrected chi connectivity index (χ0v) is 7.19. The van der Waals surface area contributed by atoms with E-state index in [9.17, 15) is 0 Å². The van der Waals surface area contributed by atoms with E-state index in [0.29, 0.717) is 0 Å². The van der Waals surface area contributed by atoms with E-state index in [1.165, 1.54) is 0 Å². The normalized spacial score (nSPS) is 31.7. The fourth-order valence-corrected chi connectivity index (χ4v) is 1.02. The number of ether oxygens (including phenoxy) is 1. The maximum atomic E-state index is 5.02. The molecule has 56 valence electrons. The van der Waals surface area contributed by atoms with Crippen molar-refractivity contribution in [3.63, 3.8) is 0 Å². The topological polar surface area (TPSA) is 9.23 Å². The second-order valence-corrected chi connectivity index (χ2v) is 3.73. The lowest BCUT2D eigenvalue weighted by molar-refractivity contribution is 0.302. The first-order valence-electron chi connectivity index (χ1n) is 3.30. The molecule has 0 heterocycles. The summed E-state index contributed by atoms with van der Waals surface area (Å²) in [4.78, 5) is 0. The number of methoxy groups -OCH3 is 1. The minimum atomic E-state index is 0.0159. The lowest BCUT2D eigenvalue weighted by Crippen LogP contribution is -2.14. The zero-order valence-electron chi connectivity index (χ0n) is 6.29. The van der Waals surface area contributed by atoms with Gasteiger partial charge in [0.2, 0.25) is 0 Å². The molecule has 1 aliphatic rings. The number of hydrogen-bond donors (Lipinski definition) is 1. The highest BCUT2D eigenvalue weighted by atomic mass is 32.1. The van der Waals surface area contributed by atoms with Crippen molar-refractivity contribution >= 4 is 12.6 Å². The number of rotatable bonds is 1. The lowest BCUT2D eigenvalue weighted by atomic mass is 10.0. The Morgan fingerprint density at radius 1 is 1.70 bits per heavy atom. The summed E-state index contributed by atoms with van der Waals surface area (Å²) < 4.78 is 5.04. The van der Waals surface area contributed by atoms with Crippen LogP contribution in [0.15, 0.2) is 24.0 Å². The molecule has 1 atom stereocenters. The highest BCUT2D eigenvalue weighted by molar-refractivity contribution is 7.82. The minimum Gasteiger partial charge on any atom is -0.497 e. The Labute approximate surface area is 67.2 Å². The first kappa shape index (κ1) is 7.73. The van der Waals surface area contributed by atoms with Crippen LogP contribution in [-0.2, 0) is 4.74 Å². The van der Waals surface area contributed by atoms with Crippen molar-refractivity contribution in [2.75, 3.05) is 7.11 Å². The van der Waals surface area contributed by atoms with Crippen molar-refractivity contribution in [3.8, 4) is 0 Å². The summed E-state index contributed by atoms with van der Waals surface area (Å²) >= 11 is 4.41. The van der Waals surface area contributed by atoms with Gasteiger partial charge in [0, 0.05) is 4.75 Å². The second-order valence-electron chi connectivity index (χ2n) is 2.71. The molecule has 2 heteroatoms. The molecule has 0 N–H and O–H groups in total. The van der Waals surface area contributed by atoms with Gasteiger partial charge in [0.15, 0.2) is 0 Å². The summed E-state index contributed by atoms with van der Waals surface area (Å²) in [6.45, 7) is 2.08. The predicted octanol–water partition coefficient (Wildman–Crippen LogP) is 2.17. The molecule has 0 spiro atoms.